The number of ether oxygens (including phenoxy) is 3. The minimum atomic E-state index is -0.960. The van der Waals surface area contributed by atoms with Gasteiger partial charge in [0.05, 0.1) is 62.0 Å². The topological polar surface area (TPSA) is 171 Å². The summed E-state index contributed by atoms with van der Waals surface area (Å²) in [5, 5.41) is 20.3. The Morgan fingerprint density at radius 2 is 1.69 bits per heavy atom. The van der Waals surface area contributed by atoms with E-state index in [4.69, 9.17) is 37.4 Å². The van der Waals surface area contributed by atoms with Crippen LogP contribution in [0.3, 0.4) is 0 Å². The van der Waals surface area contributed by atoms with Crippen molar-refractivity contribution in [2.45, 2.75) is 70.1 Å². The van der Waals surface area contributed by atoms with Crippen LogP contribution in [0.5, 0.6) is 11.5 Å². The van der Waals surface area contributed by atoms with Gasteiger partial charge in [-0.05, 0) is 94.4 Å². The van der Waals surface area contributed by atoms with Crippen molar-refractivity contribution in [1.29, 1.82) is 0 Å². The van der Waals surface area contributed by atoms with Crippen molar-refractivity contribution in [3.63, 3.8) is 0 Å². The molecule has 0 unspecified atom stereocenters. The number of pyridine rings is 1. The van der Waals surface area contributed by atoms with Gasteiger partial charge >= 0.3 is 5.97 Å². The maximum atomic E-state index is 14.4. The van der Waals surface area contributed by atoms with E-state index >= 15 is 0 Å². The van der Waals surface area contributed by atoms with Crippen molar-refractivity contribution in [3.05, 3.63) is 135 Å². The Morgan fingerprint density at radius 1 is 0.956 bits per heavy atom. The molecule has 1 aliphatic rings. The van der Waals surface area contributed by atoms with Gasteiger partial charge in [-0.25, -0.2) is 4.98 Å². The first-order valence-corrected chi connectivity index (χ1v) is 23.4. The second-order valence-electron chi connectivity index (χ2n) is 17.8. The highest BCUT2D eigenvalue weighted by Crippen LogP contribution is 2.32. The Morgan fingerprint density at radius 3 is 2.38 bits per heavy atom. The van der Waals surface area contributed by atoms with Gasteiger partial charge in [-0.2, -0.15) is 4.73 Å². The van der Waals surface area contributed by atoms with E-state index in [2.05, 4.69) is 25.1 Å². The summed E-state index contributed by atoms with van der Waals surface area (Å²) in [5.41, 5.74) is 3.00. The highest BCUT2D eigenvalue weighted by atomic mass is 35.5. The Labute approximate surface area is 408 Å². The van der Waals surface area contributed by atoms with Crippen molar-refractivity contribution >= 4 is 46.8 Å². The fraction of sp³-hybridized carbons (Fsp3) is 0.412. The van der Waals surface area contributed by atoms with Gasteiger partial charge in [-0.1, -0.05) is 47.5 Å². The molecule has 362 valence electrons. The van der Waals surface area contributed by atoms with E-state index < -0.39 is 35.3 Å². The average Bonchev–Trinajstić information content (AvgIpc) is 3.67. The highest BCUT2D eigenvalue weighted by Gasteiger charge is 2.42. The smallest absolute Gasteiger partial charge is 0.306 e. The normalized spacial score (nSPS) is 16.2. The molecule has 0 radical (unpaired) electrons. The molecule has 3 aromatic carbocycles. The van der Waals surface area contributed by atoms with Gasteiger partial charge in [0.2, 0.25) is 11.8 Å². The Hall–Kier alpha value is -5.84. The number of nitrogens with one attached hydrogen (secondary N) is 2. The lowest BCUT2D eigenvalue weighted by Gasteiger charge is -2.45. The van der Waals surface area contributed by atoms with E-state index in [0.717, 1.165) is 34.8 Å². The monoisotopic (exact) mass is 969 g/mol. The number of esters is 1. The Bertz CT molecular complexity index is 2520. The van der Waals surface area contributed by atoms with Gasteiger partial charge in [0.25, 0.3) is 0 Å². The number of Topliss-reactive ketones (excluding diaryl/α,β-unsaturated/α-hetero) is 1. The number of methoxy groups -OCH3 is 2. The summed E-state index contributed by atoms with van der Waals surface area (Å²) in [6.07, 6.45) is 4.29. The quantitative estimate of drug-likeness (QED) is 0.0429. The van der Waals surface area contributed by atoms with Crippen molar-refractivity contribution < 1.29 is 38.1 Å². The number of nitrogens with zero attached hydrogens (tertiary/aromatic N) is 5. The molecule has 1 aliphatic heterocycles. The number of likely N-dealkylation sites (tertiary alicyclic amines) is 1. The second kappa shape index (κ2) is 23.9. The molecule has 0 saturated carbocycles. The van der Waals surface area contributed by atoms with Gasteiger partial charge in [0.15, 0.2) is 11.9 Å². The number of halogens is 2. The number of piperidine rings is 1. The summed E-state index contributed by atoms with van der Waals surface area (Å²) in [5.74, 6) is -1.16. The van der Waals surface area contributed by atoms with Crippen LogP contribution in [0.2, 0.25) is 10.0 Å². The molecule has 68 heavy (non-hydrogen) atoms. The lowest BCUT2D eigenvalue weighted by Crippen LogP contribution is -2.62. The third-order valence-corrected chi connectivity index (χ3v) is 12.8. The molecular weight excluding hydrogens is 910 g/mol. The number of hydrogen-bond acceptors (Lipinski definition) is 11. The predicted octanol–water partition coefficient (Wildman–Crippen LogP) is 6.72. The maximum absolute atomic E-state index is 14.4. The second-order valence-corrected chi connectivity index (χ2v) is 18.7. The van der Waals surface area contributed by atoms with E-state index in [0.29, 0.717) is 57.8 Å². The molecule has 17 heteroatoms. The molecule has 1 saturated heterocycles. The molecule has 0 bridgehead atoms. The summed E-state index contributed by atoms with van der Waals surface area (Å²) in [6.45, 7) is 3.21. The molecule has 0 spiro atoms. The van der Waals surface area contributed by atoms with E-state index in [1.165, 1.54) is 20.4 Å². The number of hydrogen-bond donors (Lipinski definition) is 2. The standard InChI is InChI=1S/C51H61Cl2N7O8/c1-34(54-29-37-13-18-41(53)27-46(37)68-43-19-14-36(15-20-43)44-30-55-47(58(44)4)31-57(2)3)45(61)25-39(32-66-5)49(63)56-51(28-35-11-16-40(52)17-12-35)21-9-22-59(33-51)50(64)38(26-48(62)67-6)24-42-10-7-8-23-60(42)65/h7-8,10-20,23,27,30,34,38-39,54H,9,21-22,24-26,28-29,31-33H2,1-6H3,(H,56,63)/t34-,38+,39-,51+/m0/s1. The van der Waals surface area contributed by atoms with Crippen LogP contribution in [0.25, 0.3) is 11.3 Å². The molecule has 2 amide bonds. The Balaban J connectivity index is 1.14. The number of amides is 2. The number of carbonyl (C=O) groups excluding carboxylic acids is 4. The lowest BCUT2D eigenvalue weighted by molar-refractivity contribution is -0.614. The molecular formula is C51H61Cl2N7O8. The van der Waals surface area contributed by atoms with E-state index in [1.54, 1.807) is 54.3 Å². The molecule has 1 fully saturated rings. The molecule has 5 aromatic rings. The fourth-order valence-corrected chi connectivity index (χ4v) is 8.88. The van der Waals surface area contributed by atoms with Gasteiger partial charge < -0.3 is 44.4 Å². The summed E-state index contributed by atoms with van der Waals surface area (Å²) in [4.78, 5) is 63.6. The minimum Gasteiger partial charge on any atom is -0.619 e. The van der Waals surface area contributed by atoms with Crippen LogP contribution in [-0.2, 0) is 61.6 Å². The molecule has 3 heterocycles. The maximum Gasteiger partial charge on any atom is 0.306 e. The molecule has 2 N–H and O–H groups in total. The van der Waals surface area contributed by atoms with E-state index in [-0.39, 0.29) is 50.6 Å². The van der Waals surface area contributed by atoms with Crippen molar-refractivity contribution in [3.8, 4) is 22.8 Å². The van der Waals surface area contributed by atoms with Crippen LogP contribution in [-0.4, -0.2) is 103 Å². The highest BCUT2D eigenvalue weighted by molar-refractivity contribution is 6.31. The number of imidazole rings is 1. The average molecular weight is 971 g/mol. The van der Waals surface area contributed by atoms with Gasteiger partial charge in [0, 0.05) is 79.9 Å². The zero-order chi connectivity index (χ0) is 49.0. The first-order valence-electron chi connectivity index (χ1n) is 22.6. The van der Waals surface area contributed by atoms with Crippen molar-refractivity contribution in [1.82, 2.24) is 30.0 Å². The summed E-state index contributed by atoms with van der Waals surface area (Å²) in [7, 11) is 8.74. The van der Waals surface area contributed by atoms with Crippen LogP contribution in [0.1, 0.15) is 55.3 Å². The number of carbonyl (C=O) groups is 4. The zero-order valence-corrected chi connectivity index (χ0v) is 41.0. The van der Waals surface area contributed by atoms with Gasteiger partial charge in [-0.15, -0.1) is 0 Å². The fourth-order valence-electron chi connectivity index (χ4n) is 8.59. The SMILES string of the molecule is COC[C@H](CC(=O)[C@H](C)NCc1ccc(Cl)cc1Oc1ccc(-c2cnc(CN(C)C)n2C)cc1)C(=O)N[C@@]1(Cc2ccc(Cl)cc2)CCCN(C(=O)[C@@H](CC(=O)OC)Cc2cccc[n+]2[O-])C1. The third kappa shape index (κ3) is 13.9. The van der Waals surface area contributed by atoms with E-state index in [9.17, 15) is 24.4 Å². The number of rotatable bonds is 22. The first-order chi connectivity index (χ1) is 32.6. The molecule has 6 rings (SSSR count). The summed E-state index contributed by atoms with van der Waals surface area (Å²) in [6, 6.07) is 24.6. The van der Waals surface area contributed by atoms with Crippen LogP contribution in [0.15, 0.2) is 97.3 Å². The van der Waals surface area contributed by atoms with Gasteiger partial charge in [0.1, 0.15) is 23.1 Å². The van der Waals surface area contributed by atoms with Crippen LogP contribution in [0.4, 0.5) is 0 Å². The number of aromatic nitrogens is 3. The molecule has 15 nitrogen and oxygen atoms in total. The largest absolute Gasteiger partial charge is 0.619 e. The predicted molar refractivity (Wildman–Crippen MR) is 260 cm³/mol. The third-order valence-electron chi connectivity index (χ3n) is 12.3. The zero-order valence-electron chi connectivity index (χ0n) is 39.5. The van der Waals surface area contributed by atoms with Gasteiger partial charge in [-0.3, -0.25) is 19.2 Å². The Kier molecular flexibility index (Phi) is 18.1. The summed E-state index contributed by atoms with van der Waals surface area (Å²) < 4.78 is 19.5. The van der Waals surface area contributed by atoms with Crippen molar-refractivity contribution in [2.24, 2.45) is 18.9 Å². The van der Waals surface area contributed by atoms with E-state index in [1.807, 2.05) is 69.8 Å². The molecule has 0 aliphatic carbocycles. The van der Waals surface area contributed by atoms with Crippen LogP contribution >= 0.6 is 23.2 Å². The molecule has 4 atom stereocenters. The van der Waals surface area contributed by atoms with Crippen LogP contribution < -0.4 is 20.1 Å². The lowest BCUT2D eigenvalue weighted by atomic mass is 9.81. The summed E-state index contributed by atoms with van der Waals surface area (Å²) >= 11 is 12.7. The van der Waals surface area contributed by atoms with Crippen molar-refractivity contribution in [2.75, 3.05) is 48.0 Å². The number of benzene rings is 3. The minimum absolute atomic E-state index is 0.0154. The first kappa shape index (κ1) is 51.5. The van der Waals surface area contributed by atoms with Crippen LogP contribution in [0, 0.1) is 17.0 Å². The molecule has 2 aromatic heterocycles. The number of ketones is 1.